The summed E-state index contributed by atoms with van der Waals surface area (Å²) in [5.41, 5.74) is 0.911. The number of aliphatic imine (C=N–C) groups is 1. The molecule has 1 saturated heterocycles. The fourth-order valence-electron chi connectivity index (χ4n) is 2.57. The van der Waals surface area contributed by atoms with Crippen LogP contribution in [0.2, 0.25) is 0 Å². The Morgan fingerprint density at radius 3 is 2.76 bits per heavy atom. The van der Waals surface area contributed by atoms with Gasteiger partial charge in [-0.1, -0.05) is 18.6 Å². The van der Waals surface area contributed by atoms with E-state index >= 15 is 0 Å². The van der Waals surface area contributed by atoms with E-state index in [1.807, 2.05) is 6.07 Å². The second kappa shape index (κ2) is 8.62. The predicted molar refractivity (Wildman–Crippen MR) is 84.9 cm³/mol. The highest BCUT2D eigenvalue weighted by Crippen LogP contribution is 2.07. The number of nitrogens with zero attached hydrogens (tertiary/aromatic N) is 2. The van der Waals surface area contributed by atoms with Crippen LogP contribution in [0.3, 0.4) is 0 Å². The number of halogens is 1. The zero-order chi connectivity index (χ0) is 14.9. The van der Waals surface area contributed by atoms with Gasteiger partial charge in [0.05, 0.1) is 0 Å². The van der Waals surface area contributed by atoms with Crippen molar-refractivity contribution in [3.05, 3.63) is 35.6 Å². The van der Waals surface area contributed by atoms with Gasteiger partial charge >= 0.3 is 0 Å². The molecule has 21 heavy (non-hydrogen) atoms. The third-order valence-electron chi connectivity index (χ3n) is 3.74. The van der Waals surface area contributed by atoms with Gasteiger partial charge in [0, 0.05) is 26.7 Å². The molecule has 0 saturated carbocycles. The highest BCUT2D eigenvalue weighted by Gasteiger charge is 2.09. The number of benzene rings is 1. The summed E-state index contributed by atoms with van der Waals surface area (Å²) in [5.74, 6) is 0.554. The van der Waals surface area contributed by atoms with Crippen LogP contribution in [0.15, 0.2) is 29.3 Å². The van der Waals surface area contributed by atoms with Crippen molar-refractivity contribution in [2.45, 2.75) is 25.8 Å². The van der Waals surface area contributed by atoms with E-state index in [1.165, 1.54) is 44.5 Å². The van der Waals surface area contributed by atoms with Crippen LogP contribution in [0.25, 0.3) is 0 Å². The Morgan fingerprint density at radius 2 is 2.05 bits per heavy atom. The first-order valence-corrected chi connectivity index (χ1v) is 7.69. The van der Waals surface area contributed by atoms with Crippen LogP contribution < -0.4 is 10.6 Å². The third-order valence-corrected chi connectivity index (χ3v) is 3.74. The molecule has 1 aliphatic rings. The van der Waals surface area contributed by atoms with Gasteiger partial charge in [0.2, 0.25) is 0 Å². The Labute approximate surface area is 126 Å². The van der Waals surface area contributed by atoms with Crippen molar-refractivity contribution in [2.75, 3.05) is 33.2 Å². The molecule has 0 unspecified atom stereocenters. The van der Waals surface area contributed by atoms with Crippen LogP contribution in [-0.4, -0.2) is 44.1 Å². The van der Waals surface area contributed by atoms with Crippen LogP contribution in [0.4, 0.5) is 4.39 Å². The smallest absolute Gasteiger partial charge is 0.191 e. The molecule has 1 aromatic rings. The van der Waals surface area contributed by atoms with Gasteiger partial charge in [-0.25, -0.2) is 4.39 Å². The SMILES string of the molecule is CN=C(NCCN1CCCCC1)NCc1cccc(F)c1. The molecule has 2 rings (SSSR count). The van der Waals surface area contributed by atoms with Crippen molar-refractivity contribution in [1.82, 2.24) is 15.5 Å². The normalized spacial score (nSPS) is 16.8. The first-order chi connectivity index (χ1) is 10.3. The first kappa shape index (κ1) is 15.8. The molecule has 1 fully saturated rings. The molecule has 1 aliphatic heterocycles. The van der Waals surface area contributed by atoms with Crippen LogP contribution >= 0.6 is 0 Å². The predicted octanol–water partition coefficient (Wildman–Crippen LogP) is 1.98. The molecule has 5 heteroatoms. The van der Waals surface area contributed by atoms with Gasteiger partial charge in [-0.2, -0.15) is 0 Å². The first-order valence-electron chi connectivity index (χ1n) is 7.69. The zero-order valence-corrected chi connectivity index (χ0v) is 12.7. The van der Waals surface area contributed by atoms with Gasteiger partial charge in [-0.3, -0.25) is 4.99 Å². The minimum atomic E-state index is -0.206. The van der Waals surface area contributed by atoms with E-state index in [-0.39, 0.29) is 5.82 Å². The van der Waals surface area contributed by atoms with Gasteiger partial charge in [-0.15, -0.1) is 0 Å². The van der Waals surface area contributed by atoms with E-state index in [2.05, 4.69) is 20.5 Å². The quantitative estimate of drug-likeness (QED) is 0.644. The minimum absolute atomic E-state index is 0.206. The summed E-state index contributed by atoms with van der Waals surface area (Å²) >= 11 is 0. The molecule has 2 N–H and O–H groups in total. The molecule has 0 aliphatic carbocycles. The lowest BCUT2D eigenvalue weighted by atomic mass is 10.1. The van der Waals surface area contributed by atoms with E-state index in [9.17, 15) is 4.39 Å². The van der Waals surface area contributed by atoms with E-state index in [4.69, 9.17) is 0 Å². The number of hydrogen-bond acceptors (Lipinski definition) is 2. The van der Waals surface area contributed by atoms with Crippen molar-refractivity contribution >= 4 is 5.96 Å². The molecule has 0 amide bonds. The summed E-state index contributed by atoms with van der Waals surface area (Å²) in [7, 11) is 1.75. The molecular formula is C16H25FN4. The lowest BCUT2D eigenvalue weighted by molar-refractivity contribution is 0.232. The zero-order valence-electron chi connectivity index (χ0n) is 12.7. The highest BCUT2D eigenvalue weighted by molar-refractivity contribution is 5.79. The number of guanidine groups is 1. The van der Waals surface area contributed by atoms with Gasteiger partial charge in [0.15, 0.2) is 5.96 Å². The Balaban J connectivity index is 1.68. The summed E-state index contributed by atoms with van der Waals surface area (Å²) in [4.78, 5) is 6.67. The molecule has 1 aromatic carbocycles. The van der Waals surface area contributed by atoms with Crippen molar-refractivity contribution in [1.29, 1.82) is 0 Å². The molecule has 0 spiro atoms. The molecule has 0 bridgehead atoms. The summed E-state index contributed by atoms with van der Waals surface area (Å²) in [6.07, 6.45) is 3.99. The average Bonchev–Trinajstić information content (AvgIpc) is 2.52. The topological polar surface area (TPSA) is 39.7 Å². The van der Waals surface area contributed by atoms with Crippen molar-refractivity contribution in [3.8, 4) is 0 Å². The number of rotatable bonds is 5. The molecule has 4 nitrogen and oxygen atoms in total. The third kappa shape index (κ3) is 5.71. The second-order valence-electron chi connectivity index (χ2n) is 5.38. The van der Waals surface area contributed by atoms with E-state index < -0.39 is 0 Å². The van der Waals surface area contributed by atoms with Gasteiger partial charge in [-0.05, 0) is 43.6 Å². The Bertz CT molecular complexity index is 455. The number of nitrogens with one attached hydrogen (secondary N) is 2. The van der Waals surface area contributed by atoms with Gasteiger partial charge < -0.3 is 15.5 Å². The lowest BCUT2D eigenvalue weighted by Gasteiger charge is -2.26. The fraction of sp³-hybridized carbons (Fsp3) is 0.562. The largest absolute Gasteiger partial charge is 0.355 e. The van der Waals surface area contributed by atoms with Crippen molar-refractivity contribution in [3.63, 3.8) is 0 Å². The maximum Gasteiger partial charge on any atom is 0.191 e. The van der Waals surface area contributed by atoms with E-state index in [0.29, 0.717) is 6.54 Å². The molecule has 0 atom stereocenters. The van der Waals surface area contributed by atoms with Crippen molar-refractivity contribution in [2.24, 2.45) is 4.99 Å². The van der Waals surface area contributed by atoms with Crippen LogP contribution in [0.5, 0.6) is 0 Å². The standard InChI is InChI=1S/C16H25FN4/c1-18-16(19-8-11-21-9-3-2-4-10-21)20-13-14-6-5-7-15(17)12-14/h5-7,12H,2-4,8-11,13H2,1H3,(H2,18,19,20). The maximum atomic E-state index is 13.1. The van der Waals surface area contributed by atoms with Crippen molar-refractivity contribution < 1.29 is 4.39 Å². The maximum absolute atomic E-state index is 13.1. The minimum Gasteiger partial charge on any atom is -0.355 e. The van der Waals surface area contributed by atoms with Crippen LogP contribution in [0, 0.1) is 5.82 Å². The van der Waals surface area contributed by atoms with Crippen LogP contribution in [-0.2, 0) is 6.54 Å². The lowest BCUT2D eigenvalue weighted by Crippen LogP contribution is -2.42. The molecular weight excluding hydrogens is 267 g/mol. The Morgan fingerprint density at radius 1 is 1.24 bits per heavy atom. The number of piperidine rings is 1. The summed E-state index contributed by atoms with van der Waals surface area (Å²) in [6.45, 7) is 4.90. The number of likely N-dealkylation sites (tertiary alicyclic amines) is 1. The molecule has 0 radical (unpaired) electrons. The fourth-order valence-corrected chi connectivity index (χ4v) is 2.57. The molecule has 1 heterocycles. The monoisotopic (exact) mass is 292 g/mol. The molecule has 116 valence electrons. The molecule has 0 aromatic heterocycles. The van der Waals surface area contributed by atoms with Gasteiger partial charge in [0.25, 0.3) is 0 Å². The summed E-state index contributed by atoms with van der Waals surface area (Å²) < 4.78 is 13.1. The van der Waals surface area contributed by atoms with Crippen LogP contribution in [0.1, 0.15) is 24.8 Å². The van der Waals surface area contributed by atoms with E-state index in [1.54, 1.807) is 13.1 Å². The second-order valence-corrected chi connectivity index (χ2v) is 5.38. The number of hydrogen-bond donors (Lipinski definition) is 2. The highest BCUT2D eigenvalue weighted by atomic mass is 19.1. The average molecular weight is 292 g/mol. The summed E-state index contributed by atoms with van der Waals surface area (Å²) in [5, 5.41) is 6.51. The summed E-state index contributed by atoms with van der Waals surface area (Å²) in [6, 6.07) is 6.61. The Kier molecular flexibility index (Phi) is 6.47. The van der Waals surface area contributed by atoms with Gasteiger partial charge in [0.1, 0.15) is 5.82 Å². The Hall–Kier alpha value is -1.62. The van der Waals surface area contributed by atoms with E-state index in [0.717, 1.165) is 24.6 Å².